The molecule has 1 amide bonds. The minimum atomic E-state index is -0.592. The van der Waals surface area contributed by atoms with E-state index in [0.717, 1.165) is 13.1 Å². The van der Waals surface area contributed by atoms with Gasteiger partial charge in [-0.15, -0.1) is 0 Å². The van der Waals surface area contributed by atoms with E-state index in [9.17, 15) is 9.18 Å². The number of carbonyl (C=O) groups is 1. The molecule has 0 radical (unpaired) electrons. The van der Waals surface area contributed by atoms with Crippen LogP contribution >= 0.6 is 0 Å². The second-order valence-electron chi connectivity index (χ2n) is 4.31. The van der Waals surface area contributed by atoms with Crippen LogP contribution in [0.2, 0.25) is 0 Å². The zero-order chi connectivity index (χ0) is 10.4. The van der Waals surface area contributed by atoms with E-state index >= 15 is 0 Å². The van der Waals surface area contributed by atoms with Gasteiger partial charge in [0.05, 0.1) is 0 Å². The summed E-state index contributed by atoms with van der Waals surface area (Å²) in [5.74, 6) is 0.664. The number of amides is 1. The Bertz CT molecular complexity index is 411. The third kappa shape index (κ3) is 1.50. The summed E-state index contributed by atoms with van der Waals surface area (Å²) in [7, 11) is 0. The van der Waals surface area contributed by atoms with E-state index in [-0.39, 0.29) is 11.6 Å². The first-order valence-corrected chi connectivity index (χ1v) is 5.16. The van der Waals surface area contributed by atoms with Crippen LogP contribution < -0.4 is 0 Å². The maximum Gasteiger partial charge on any atom is 0.272 e. The highest BCUT2D eigenvalue weighted by Crippen LogP contribution is 2.45. The SMILES string of the molecule is O=C(c1cccc(F)n1)N1CC2CC2C1. The number of nitrogens with zero attached hydrogens (tertiary/aromatic N) is 2. The van der Waals surface area contributed by atoms with Gasteiger partial charge in [-0.2, -0.15) is 4.39 Å². The molecule has 0 bridgehead atoms. The summed E-state index contributed by atoms with van der Waals surface area (Å²) in [6.07, 6.45) is 1.25. The van der Waals surface area contributed by atoms with Gasteiger partial charge in [-0.1, -0.05) is 6.07 Å². The highest BCUT2D eigenvalue weighted by atomic mass is 19.1. The van der Waals surface area contributed by atoms with Crippen molar-refractivity contribution in [2.45, 2.75) is 6.42 Å². The number of aromatic nitrogens is 1. The van der Waals surface area contributed by atoms with E-state index in [1.807, 2.05) is 0 Å². The summed E-state index contributed by atoms with van der Waals surface area (Å²) in [5.41, 5.74) is 0.219. The average Bonchev–Trinajstić information content (AvgIpc) is 2.85. The number of hydrogen-bond donors (Lipinski definition) is 0. The Labute approximate surface area is 86.9 Å². The molecule has 1 saturated carbocycles. The normalized spacial score (nSPS) is 27.7. The summed E-state index contributed by atoms with van der Waals surface area (Å²) in [6, 6.07) is 4.33. The molecule has 3 nitrogen and oxygen atoms in total. The van der Waals surface area contributed by atoms with Crippen molar-refractivity contribution in [3.05, 3.63) is 29.8 Å². The lowest BCUT2D eigenvalue weighted by Gasteiger charge is -2.16. The van der Waals surface area contributed by atoms with Gasteiger partial charge in [-0.3, -0.25) is 4.79 Å². The Balaban J connectivity index is 1.79. The third-order valence-electron chi connectivity index (χ3n) is 3.20. The molecule has 78 valence electrons. The van der Waals surface area contributed by atoms with E-state index in [2.05, 4.69) is 4.98 Å². The van der Waals surface area contributed by atoms with E-state index in [1.165, 1.54) is 18.6 Å². The number of piperidine rings is 1. The molecule has 1 aromatic rings. The van der Waals surface area contributed by atoms with Gasteiger partial charge in [0.25, 0.3) is 5.91 Å². The highest BCUT2D eigenvalue weighted by molar-refractivity contribution is 5.92. The van der Waals surface area contributed by atoms with Crippen LogP contribution in [0, 0.1) is 17.8 Å². The second kappa shape index (κ2) is 3.02. The topological polar surface area (TPSA) is 33.2 Å². The summed E-state index contributed by atoms with van der Waals surface area (Å²) in [6.45, 7) is 1.64. The Morgan fingerprint density at radius 3 is 2.80 bits per heavy atom. The molecule has 2 heterocycles. The Morgan fingerprint density at radius 2 is 2.13 bits per heavy atom. The van der Waals surface area contributed by atoms with Crippen molar-refractivity contribution in [1.29, 1.82) is 0 Å². The van der Waals surface area contributed by atoms with Gasteiger partial charge in [-0.25, -0.2) is 4.98 Å². The molecule has 0 aromatic carbocycles. The van der Waals surface area contributed by atoms with Crippen molar-refractivity contribution in [1.82, 2.24) is 9.88 Å². The van der Waals surface area contributed by atoms with Gasteiger partial charge in [0.1, 0.15) is 5.69 Å². The summed E-state index contributed by atoms with van der Waals surface area (Å²) in [4.78, 5) is 17.2. The predicted molar refractivity (Wildman–Crippen MR) is 51.7 cm³/mol. The molecule has 15 heavy (non-hydrogen) atoms. The van der Waals surface area contributed by atoms with Crippen molar-refractivity contribution in [3.8, 4) is 0 Å². The van der Waals surface area contributed by atoms with Crippen molar-refractivity contribution in [3.63, 3.8) is 0 Å². The van der Waals surface area contributed by atoms with Gasteiger partial charge >= 0.3 is 0 Å². The number of carbonyl (C=O) groups excluding carboxylic acids is 1. The average molecular weight is 206 g/mol. The van der Waals surface area contributed by atoms with Crippen LogP contribution in [0.5, 0.6) is 0 Å². The molecule has 2 fully saturated rings. The largest absolute Gasteiger partial charge is 0.337 e. The quantitative estimate of drug-likeness (QED) is 0.649. The number of fused-ring (bicyclic) bond motifs is 1. The van der Waals surface area contributed by atoms with Crippen LogP contribution in [0.3, 0.4) is 0 Å². The highest BCUT2D eigenvalue weighted by Gasteiger charge is 2.46. The van der Waals surface area contributed by atoms with Crippen molar-refractivity contribution >= 4 is 5.91 Å². The van der Waals surface area contributed by atoms with Crippen molar-refractivity contribution in [2.75, 3.05) is 13.1 Å². The zero-order valence-electron chi connectivity index (χ0n) is 8.19. The second-order valence-corrected chi connectivity index (χ2v) is 4.31. The first kappa shape index (κ1) is 8.83. The van der Waals surface area contributed by atoms with Crippen molar-refractivity contribution < 1.29 is 9.18 Å². The van der Waals surface area contributed by atoms with E-state index in [4.69, 9.17) is 0 Å². The first-order valence-electron chi connectivity index (χ1n) is 5.16. The molecule has 0 N–H and O–H groups in total. The molecule has 0 spiro atoms. The monoisotopic (exact) mass is 206 g/mol. The summed E-state index contributed by atoms with van der Waals surface area (Å²) in [5, 5.41) is 0. The molecule has 1 aliphatic carbocycles. The minimum absolute atomic E-state index is 0.137. The molecular formula is C11H11FN2O. The fourth-order valence-corrected chi connectivity index (χ4v) is 2.25. The lowest BCUT2D eigenvalue weighted by atomic mass is 10.3. The molecule has 3 rings (SSSR count). The molecule has 1 saturated heterocycles. The molecule has 2 aliphatic rings. The smallest absolute Gasteiger partial charge is 0.272 e. The molecule has 1 aromatic heterocycles. The Hall–Kier alpha value is -1.45. The Morgan fingerprint density at radius 1 is 1.40 bits per heavy atom. The Kier molecular flexibility index (Phi) is 1.78. The molecule has 4 heteroatoms. The van der Waals surface area contributed by atoms with Crippen LogP contribution in [0.25, 0.3) is 0 Å². The molecule has 1 aliphatic heterocycles. The standard InChI is InChI=1S/C11H11FN2O/c12-10-3-1-2-9(13-10)11(15)14-5-7-4-8(7)6-14/h1-3,7-8H,4-6H2. The van der Waals surface area contributed by atoms with Crippen LogP contribution in [-0.4, -0.2) is 28.9 Å². The first-order chi connectivity index (χ1) is 7.24. The van der Waals surface area contributed by atoms with Crippen LogP contribution in [0.1, 0.15) is 16.9 Å². The van der Waals surface area contributed by atoms with E-state index < -0.39 is 5.95 Å². The van der Waals surface area contributed by atoms with Gasteiger partial charge < -0.3 is 4.90 Å². The minimum Gasteiger partial charge on any atom is -0.337 e. The fourth-order valence-electron chi connectivity index (χ4n) is 2.25. The van der Waals surface area contributed by atoms with Crippen LogP contribution in [0.4, 0.5) is 4.39 Å². The van der Waals surface area contributed by atoms with E-state index in [0.29, 0.717) is 11.8 Å². The lowest BCUT2D eigenvalue weighted by molar-refractivity contribution is 0.0768. The van der Waals surface area contributed by atoms with Crippen LogP contribution in [-0.2, 0) is 0 Å². The fraction of sp³-hybridized carbons (Fsp3) is 0.455. The van der Waals surface area contributed by atoms with Gasteiger partial charge in [0.15, 0.2) is 0 Å². The van der Waals surface area contributed by atoms with Crippen molar-refractivity contribution in [2.24, 2.45) is 11.8 Å². The molecule has 2 unspecified atom stereocenters. The number of pyridine rings is 1. The molecule has 2 atom stereocenters. The summed E-state index contributed by atoms with van der Waals surface area (Å²) < 4.78 is 12.8. The van der Waals surface area contributed by atoms with Gasteiger partial charge in [0.2, 0.25) is 5.95 Å². The number of halogens is 1. The lowest BCUT2D eigenvalue weighted by Crippen LogP contribution is -2.31. The van der Waals surface area contributed by atoms with Crippen LogP contribution in [0.15, 0.2) is 18.2 Å². The zero-order valence-corrected chi connectivity index (χ0v) is 8.19. The van der Waals surface area contributed by atoms with E-state index in [1.54, 1.807) is 11.0 Å². The number of likely N-dealkylation sites (tertiary alicyclic amines) is 1. The van der Waals surface area contributed by atoms with Gasteiger partial charge in [0, 0.05) is 13.1 Å². The maximum absolute atomic E-state index is 12.8. The maximum atomic E-state index is 12.8. The van der Waals surface area contributed by atoms with Gasteiger partial charge in [-0.05, 0) is 30.4 Å². The predicted octanol–water partition coefficient (Wildman–Crippen LogP) is 1.31. The molecular weight excluding hydrogens is 195 g/mol. The third-order valence-corrected chi connectivity index (χ3v) is 3.20. The number of hydrogen-bond acceptors (Lipinski definition) is 2. The number of rotatable bonds is 1. The summed E-state index contributed by atoms with van der Waals surface area (Å²) >= 11 is 0.